The van der Waals surface area contributed by atoms with Crippen molar-refractivity contribution in [2.75, 3.05) is 13.1 Å². The van der Waals surface area contributed by atoms with Crippen LogP contribution in [0.25, 0.3) is 0 Å². The lowest BCUT2D eigenvalue weighted by atomic mass is 9.91. The molecule has 1 fully saturated rings. The van der Waals surface area contributed by atoms with Crippen molar-refractivity contribution < 1.29 is 4.79 Å². The quantitative estimate of drug-likeness (QED) is 0.781. The molecule has 0 aliphatic carbocycles. The molecule has 29 heavy (non-hydrogen) atoms. The summed E-state index contributed by atoms with van der Waals surface area (Å²) in [5.74, 6) is 1.25. The lowest BCUT2D eigenvalue weighted by Gasteiger charge is -2.35. The number of hydrogen-bond acceptors (Lipinski definition) is 4. The largest absolute Gasteiger partial charge is 0.347 e. The summed E-state index contributed by atoms with van der Waals surface area (Å²) in [6, 6.07) is 11.3. The van der Waals surface area contributed by atoms with E-state index in [4.69, 9.17) is 0 Å². The Hall–Kier alpha value is -2.47. The Morgan fingerprint density at radius 3 is 2.38 bits per heavy atom. The van der Waals surface area contributed by atoms with Crippen LogP contribution in [0.4, 0.5) is 0 Å². The van der Waals surface area contributed by atoms with Crippen molar-refractivity contribution in [1.82, 2.24) is 20.0 Å². The molecule has 1 aromatic carbocycles. The van der Waals surface area contributed by atoms with E-state index in [2.05, 4.69) is 53.4 Å². The Morgan fingerprint density at radius 2 is 1.72 bits per heavy atom. The number of carbonyl (C=O) groups excluding carboxylic acids is 1. The van der Waals surface area contributed by atoms with Crippen LogP contribution in [0.1, 0.15) is 55.2 Å². The Labute approximate surface area is 172 Å². The third kappa shape index (κ3) is 6.00. The first-order valence-corrected chi connectivity index (χ1v) is 10.6. The number of carbonyl (C=O) groups is 1. The fraction of sp³-hybridized carbons (Fsp3) is 0.522. The van der Waals surface area contributed by atoms with Crippen molar-refractivity contribution in [2.45, 2.75) is 53.2 Å². The third-order valence-corrected chi connectivity index (χ3v) is 5.36. The van der Waals surface area contributed by atoms with Gasteiger partial charge in [-0.15, -0.1) is 0 Å². The number of aromatic nitrogens is 2. The standard InChI is InChI=1S/C23H32N4O2/c1-4-11-27-22(28)10-9-21(25-27)23(29)24-13-19-5-7-20(8-6-19)16-26-14-17(2)12-18(3)15-26/h5-10,17-18H,4,11-16H2,1-3H3,(H,24,29). The Bertz CT molecular complexity index is 865. The van der Waals surface area contributed by atoms with E-state index in [0.717, 1.165) is 43.5 Å². The molecular weight excluding hydrogens is 364 g/mol. The molecule has 2 heterocycles. The van der Waals surface area contributed by atoms with Gasteiger partial charge in [0.1, 0.15) is 5.69 Å². The SMILES string of the molecule is CCCn1nc(C(=O)NCc2ccc(CN3CC(C)CC(C)C3)cc2)ccc1=O. The molecule has 1 aliphatic rings. The van der Waals surface area contributed by atoms with Gasteiger partial charge < -0.3 is 5.32 Å². The van der Waals surface area contributed by atoms with Crippen molar-refractivity contribution in [3.63, 3.8) is 0 Å². The number of benzene rings is 1. The van der Waals surface area contributed by atoms with Crippen LogP contribution in [0.2, 0.25) is 0 Å². The normalized spacial score (nSPS) is 19.8. The van der Waals surface area contributed by atoms with E-state index in [1.54, 1.807) is 0 Å². The molecule has 1 aromatic heterocycles. The monoisotopic (exact) mass is 396 g/mol. The zero-order valence-electron chi connectivity index (χ0n) is 17.7. The van der Waals surface area contributed by atoms with Crippen molar-refractivity contribution in [3.05, 3.63) is 63.6 Å². The first-order chi connectivity index (χ1) is 13.9. The average Bonchev–Trinajstić information content (AvgIpc) is 2.68. The topological polar surface area (TPSA) is 67.2 Å². The van der Waals surface area contributed by atoms with Gasteiger partial charge in [-0.1, -0.05) is 45.0 Å². The van der Waals surface area contributed by atoms with Crippen LogP contribution in [0.15, 0.2) is 41.2 Å². The van der Waals surface area contributed by atoms with Gasteiger partial charge in [0.2, 0.25) is 0 Å². The van der Waals surface area contributed by atoms with Crippen LogP contribution in [-0.4, -0.2) is 33.7 Å². The molecule has 1 amide bonds. The molecule has 2 unspecified atom stereocenters. The zero-order valence-corrected chi connectivity index (χ0v) is 17.7. The van der Waals surface area contributed by atoms with Gasteiger partial charge in [0, 0.05) is 38.8 Å². The van der Waals surface area contributed by atoms with Gasteiger partial charge in [0.05, 0.1) is 0 Å². The minimum absolute atomic E-state index is 0.184. The maximum atomic E-state index is 12.4. The van der Waals surface area contributed by atoms with Crippen molar-refractivity contribution in [1.29, 1.82) is 0 Å². The lowest BCUT2D eigenvalue weighted by Crippen LogP contribution is -2.38. The summed E-state index contributed by atoms with van der Waals surface area (Å²) in [6.45, 7) is 10.9. The van der Waals surface area contributed by atoms with Gasteiger partial charge in [-0.25, -0.2) is 4.68 Å². The Morgan fingerprint density at radius 1 is 1.07 bits per heavy atom. The molecule has 2 atom stereocenters. The van der Waals surface area contributed by atoms with Crippen LogP contribution in [0.5, 0.6) is 0 Å². The van der Waals surface area contributed by atoms with Crippen LogP contribution in [0, 0.1) is 11.8 Å². The number of hydrogen-bond donors (Lipinski definition) is 1. The van der Waals surface area contributed by atoms with Gasteiger partial charge >= 0.3 is 0 Å². The Balaban J connectivity index is 1.54. The summed E-state index contributed by atoms with van der Waals surface area (Å²) in [5.41, 5.74) is 2.43. The Kier molecular flexibility index (Phi) is 7.20. The van der Waals surface area contributed by atoms with Gasteiger partial charge in [-0.3, -0.25) is 14.5 Å². The van der Waals surface area contributed by atoms with Crippen LogP contribution >= 0.6 is 0 Å². The van der Waals surface area contributed by atoms with Crippen LogP contribution < -0.4 is 10.9 Å². The predicted octanol–water partition coefficient (Wildman–Crippen LogP) is 3.06. The molecule has 156 valence electrons. The van der Waals surface area contributed by atoms with E-state index in [0.29, 0.717) is 13.1 Å². The maximum Gasteiger partial charge on any atom is 0.271 e. The second-order valence-electron chi connectivity index (χ2n) is 8.42. The number of nitrogens with zero attached hydrogens (tertiary/aromatic N) is 3. The summed E-state index contributed by atoms with van der Waals surface area (Å²) in [5, 5.41) is 7.04. The van der Waals surface area contributed by atoms with E-state index >= 15 is 0 Å². The molecule has 6 heteroatoms. The minimum atomic E-state index is -0.268. The van der Waals surface area contributed by atoms with Crippen molar-refractivity contribution in [3.8, 4) is 0 Å². The summed E-state index contributed by atoms with van der Waals surface area (Å²) in [6.07, 6.45) is 2.11. The second kappa shape index (κ2) is 9.83. The molecule has 6 nitrogen and oxygen atoms in total. The van der Waals surface area contributed by atoms with Gasteiger partial charge in [-0.05, 0) is 41.9 Å². The number of amides is 1. The first-order valence-electron chi connectivity index (χ1n) is 10.6. The maximum absolute atomic E-state index is 12.4. The van der Waals surface area contributed by atoms with Gasteiger partial charge in [0.25, 0.3) is 11.5 Å². The number of aryl methyl sites for hydroxylation is 1. The molecular formula is C23H32N4O2. The predicted molar refractivity (Wildman–Crippen MR) is 115 cm³/mol. The van der Waals surface area contributed by atoms with E-state index in [-0.39, 0.29) is 17.2 Å². The summed E-state index contributed by atoms with van der Waals surface area (Å²) in [7, 11) is 0. The smallest absolute Gasteiger partial charge is 0.271 e. The average molecular weight is 397 g/mol. The number of piperidine rings is 1. The summed E-state index contributed by atoms with van der Waals surface area (Å²) < 4.78 is 1.34. The second-order valence-corrected chi connectivity index (χ2v) is 8.42. The molecule has 3 rings (SSSR count). The van der Waals surface area contributed by atoms with E-state index < -0.39 is 0 Å². The molecule has 0 spiro atoms. The number of nitrogens with one attached hydrogen (secondary N) is 1. The fourth-order valence-corrected chi connectivity index (χ4v) is 4.16. The van der Waals surface area contributed by atoms with E-state index in [9.17, 15) is 9.59 Å². The highest BCUT2D eigenvalue weighted by Gasteiger charge is 2.21. The number of likely N-dealkylation sites (tertiary alicyclic amines) is 1. The minimum Gasteiger partial charge on any atom is -0.347 e. The van der Waals surface area contributed by atoms with Crippen LogP contribution in [-0.2, 0) is 19.6 Å². The molecule has 1 saturated heterocycles. The molecule has 0 bridgehead atoms. The highest BCUT2D eigenvalue weighted by Crippen LogP contribution is 2.22. The van der Waals surface area contributed by atoms with E-state index in [1.165, 1.54) is 28.8 Å². The molecule has 2 aromatic rings. The molecule has 0 saturated carbocycles. The molecule has 1 aliphatic heterocycles. The van der Waals surface area contributed by atoms with E-state index in [1.807, 2.05) is 6.92 Å². The van der Waals surface area contributed by atoms with Gasteiger partial charge in [-0.2, -0.15) is 5.10 Å². The highest BCUT2D eigenvalue weighted by atomic mass is 16.2. The summed E-state index contributed by atoms with van der Waals surface area (Å²) >= 11 is 0. The van der Waals surface area contributed by atoms with Gasteiger partial charge in [0.15, 0.2) is 0 Å². The zero-order chi connectivity index (χ0) is 20.8. The molecule has 0 radical (unpaired) electrons. The highest BCUT2D eigenvalue weighted by molar-refractivity contribution is 5.91. The number of rotatable bonds is 7. The van der Waals surface area contributed by atoms with Crippen molar-refractivity contribution in [2.24, 2.45) is 11.8 Å². The fourth-order valence-electron chi connectivity index (χ4n) is 4.16. The first kappa shape index (κ1) is 21.2. The van der Waals surface area contributed by atoms with Crippen molar-refractivity contribution >= 4 is 5.91 Å². The summed E-state index contributed by atoms with van der Waals surface area (Å²) in [4.78, 5) is 26.7. The lowest BCUT2D eigenvalue weighted by molar-refractivity contribution is 0.0943. The third-order valence-electron chi connectivity index (χ3n) is 5.36. The molecule has 1 N–H and O–H groups in total. The van der Waals surface area contributed by atoms with Crippen LogP contribution in [0.3, 0.4) is 0 Å².